The van der Waals surface area contributed by atoms with Crippen molar-refractivity contribution in [3.05, 3.63) is 58.1 Å². The van der Waals surface area contributed by atoms with E-state index in [4.69, 9.17) is 23.2 Å². The molecule has 1 fully saturated rings. The number of carbonyl (C=O) groups excluding carboxylic acids is 1. The Balaban J connectivity index is 1.61. The van der Waals surface area contributed by atoms with Crippen molar-refractivity contribution in [3.63, 3.8) is 0 Å². The highest BCUT2D eigenvalue weighted by molar-refractivity contribution is 7.99. The number of hydrogen-bond donors (Lipinski definition) is 1. The van der Waals surface area contributed by atoms with Gasteiger partial charge in [-0.1, -0.05) is 35.3 Å². The van der Waals surface area contributed by atoms with Gasteiger partial charge in [-0.15, -0.1) is 11.8 Å². The van der Waals surface area contributed by atoms with E-state index in [1.54, 1.807) is 12.1 Å². The average Bonchev–Trinajstić information content (AvgIpc) is 3.19. The van der Waals surface area contributed by atoms with Gasteiger partial charge in [-0.3, -0.25) is 4.79 Å². The number of nitrogens with zero attached hydrogens (tertiary/aromatic N) is 1. The predicted molar refractivity (Wildman–Crippen MR) is 116 cm³/mol. The van der Waals surface area contributed by atoms with Gasteiger partial charge in [-0.05, 0) is 48.7 Å². The second-order valence-electron chi connectivity index (χ2n) is 6.43. The first-order chi connectivity index (χ1) is 13.4. The van der Waals surface area contributed by atoms with Crippen LogP contribution in [0.4, 0.5) is 5.69 Å². The molecule has 1 aliphatic heterocycles. The van der Waals surface area contributed by atoms with Gasteiger partial charge in [0.15, 0.2) is 0 Å². The molecule has 9 heteroatoms. The highest BCUT2D eigenvalue weighted by Gasteiger charge is 2.29. The van der Waals surface area contributed by atoms with E-state index >= 15 is 0 Å². The number of amides is 1. The summed E-state index contributed by atoms with van der Waals surface area (Å²) in [4.78, 5) is 12.2. The lowest BCUT2D eigenvalue weighted by atomic mass is 10.2. The minimum absolute atomic E-state index is 0.0282. The topological polar surface area (TPSA) is 66.5 Å². The van der Waals surface area contributed by atoms with Crippen molar-refractivity contribution in [1.29, 1.82) is 0 Å². The highest BCUT2D eigenvalue weighted by Crippen LogP contribution is 2.29. The maximum atomic E-state index is 12.8. The third-order valence-electron chi connectivity index (χ3n) is 4.29. The zero-order valence-corrected chi connectivity index (χ0v) is 18.2. The van der Waals surface area contributed by atoms with Crippen molar-refractivity contribution in [1.82, 2.24) is 4.31 Å². The Hall–Kier alpha value is -1.25. The number of hydrogen-bond acceptors (Lipinski definition) is 4. The van der Waals surface area contributed by atoms with Crippen molar-refractivity contribution in [2.75, 3.05) is 24.2 Å². The third-order valence-corrected chi connectivity index (χ3v) is 7.91. The molecule has 0 unspecified atom stereocenters. The van der Waals surface area contributed by atoms with E-state index < -0.39 is 10.0 Å². The van der Waals surface area contributed by atoms with Crippen LogP contribution in [0.3, 0.4) is 0 Å². The van der Waals surface area contributed by atoms with Gasteiger partial charge in [-0.25, -0.2) is 8.42 Å². The predicted octanol–water partition coefficient (Wildman–Crippen LogP) is 4.65. The quantitative estimate of drug-likeness (QED) is 0.655. The average molecular weight is 459 g/mol. The van der Waals surface area contributed by atoms with Crippen LogP contribution in [0, 0.1) is 0 Å². The summed E-state index contributed by atoms with van der Waals surface area (Å²) in [5.74, 6) is 0.686. The minimum Gasteiger partial charge on any atom is -0.325 e. The molecule has 3 rings (SSSR count). The van der Waals surface area contributed by atoms with Crippen LogP contribution in [0.1, 0.15) is 18.4 Å². The van der Waals surface area contributed by atoms with Crippen LogP contribution in [0.5, 0.6) is 0 Å². The summed E-state index contributed by atoms with van der Waals surface area (Å²) < 4.78 is 27.0. The van der Waals surface area contributed by atoms with Crippen LogP contribution in [-0.2, 0) is 20.6 Å². The lowest BCUT2D eigenvalue weighted by molar-refractivity contribution is -0.113. The van der Waals surface area contributed by atoms with Crippen LogP contribution < -0.4 is 5.32 Å². The van der Waals surface area contributed by atoms with E-state index in [9.17, 15) is 13.2 Å². The van der Waals surface area contributed by atoms with Gasteiger partial charge in [-0.2, -0.15) is 4.31 Å². The fourth-order valence-electron chi connectivity index (χ4n) is 2.93. The zero-order valence-electron chi connectivity index (χ0n) is 15.0. The normalized spacial score (nSPS) is 14.9. The van der Waals surface area contributed by atoms with Gasteiger partial charge < -0.3 is 5.32 Å². The van der Waals surface area contributed by atoms with Crippen molar-refractivity contribution in [2.45, 2.75) is 23.5 Å². The molecule has 2 aromatic carbocycles. The Kier molecular flexibility index (Phi) is 7.28. The molecular weight excluding hydrogens is 439 g/mol. The Morgan fingerprint density at radius 3 is 2.57 bits per heavy atom. The van der Waals surface area contributed by atoms with Gasteiger partial charge in [0.25, 0.3) is 0 Å². The second-order valence-corrected chi connectivity index (χ2v) is 10.2. The fourth-order valence-corrected chi connectivity index (χ4v) is 5.94. The van der Waals surface area contributed by atoms with Gasteiger partial charge in [0, 0.05) is 29.6 Å². The summed E-state index contributed by atoms with van der Waals surface area (Å²) in [6, 6.07) is 12.0. The molecule has 1 saturated heterocycles. The van der Waals surface area contributed by atoms with Crippen LogP contribution >= 0.6 is 35.0 Å². The van der Waals surface area contributed by atoms with Crippen molar-refractivity contribution >= 4 is 56.6 Å². The summed E-state index contributed by atoms with van der Waals surface area (Å²) in [6.07, 6.45) is 1.69. The fraction of sp³-hybridized carbons (Fsp3) is 0.316. The second kappa shape index (κ2) is 9.50. The Morgan fingerprint density at radius 2 is 1.86 bits per heavy atom. The Labute approximate surface area is 179 Å². The van der Waals surface area contributed by atoms with E-state index in [0.717, 1.165) is 18.4 Å². The lowest BCUT2D eigenvalue weighted by Gasteiger charge is -2.17. The van der Waals surface area contributed by atoms with Crippen LogP contribution in [0.2, 0.25) is 10.0 Å². The van der Waals surface area contributed by atoms with Crippen molar-refractivity contribution < 1.29 is 13.2 Å². The van der Waals surface area contributed by atoms with Crippen LogP contribution in [0.15, 0.2) is 47.4 Å². The van der Waals surface area contributed by atoms with Gasteiger partial charge in [0.1, 0.15) is 4.90 Å². The number of anilines is 1. The molecule has 1 heterocycles. The summed E-state index contributed by atoms with van der Waals surface area (Å²) in [5.41, 5.74) is 1.45. The summed E-state index contributed by atoms with van der Waals surface area (Å²) in [7, 11) is -3.65. The largest absolute Gasteiger partial charge is 0.325 e. The number of thioether (sulfide) groups is 1. The number of rotatable bonds is 7. The monoisotopic (exact) mass is 458 g/mol. The summed E-state index contributed by atoms with van der Waals surface area (Å²) >= 11 is 13.5. The summed E-state index contributed by atoms with van der Waals surface area (Å²) in [5, 5.41) is 3.56. The molecule has 0 aliphatic carbocycles. The number of nitrogens with one attached hydrogen (secondary N) is 1. The van der Waals surface area contributed by atoms with Crippen molar-refractivity contribution in [3.8, 4) is 0 Å². The van der Waals surface area contributed by atoms with Gasteiger partial charge >= 0.3 is 0 Å². The number of halogens is 2. The molecule has 28 heavy (non-hydrogen) atoms. The lowest BCUT2D eigenvalue weighted by Crippen LogP contribution is -2.28. The molecule has 2 aromatic rings. The standard InChI is InChI=1S/C19H20Cl2N2O3S2/c20-15-5-3-4-14(10-15)12-27-13-19(24)22-16-6-7-17(21)18(11-16)28(25,26)23-8-1-2-9-23/h3-7,10-11H,1-2,8-9,12-13H2,(H,22,24). The maximum Gasteiger partial charge on any atom is 0.244 e. The molecular formula is C19H20Cl2N2O3S2. The molecule has 1 amide bonds. The Morgan fingerprint density at radius 1 is 1.11 bits per heavy atom. The molecule has 0 atom stereocenters. The molecule has 0 saturated carbocycles. The first-order valence-corrected chi connectivity index (χ1v) is 12.1. The first kappa shape index (κ1) is 21.5. The molecule has 0 bridgehead atoms. The SMILES string of the molecule is O=C(CSCc1cccc(Cl)c1)Nc1ccc(Cl)c(S(=O)(=O)N2CCCC2)c1. The van der Waals surface area contributed by atoms with Crippen molar-refractivity contribution in [2.24, 2.45) is 0 Å². The third kappa shape index (κ3) is 5.42. The maximum absolute atomic E-state index is 12.8. The van der Waals surface area contributed by atoms with Gasteiger partial charge in [0.05, 0.1) is 10.8 Å². The van der Waals surface area contributed by atoms with E-state index in [-0.39, 0.29) is 21.6 Å². The van der Waals surface area contributed by atoms with Crippen LogP contribution in [0.25, 0.3) is 0 Å². The molecule has 1 N–H and O–H groups in total. The zero-order chi connectivity index (χ0) is 20.1. The molecule has 0 aromatic heterocycles. The van der Waals surface area contributed by atoms with Gasteiger partial charge in [0.2, 0.25) is 15.9 Å². The molecule has 5 nitrogen and oxygen atoms in total. The Bertz CT molecular complexity index is 961. The number of benzene rings is 2. The molecule has 0 radical (unpaired) electrons. The number of sulfonamides is 1. The highest BCUT2D eigenvalue weighted by atomic mass is 35.5. The molecule has 150 valence electrons. The van der Waals surface area contributed by atoms with Crippen LogP contribution in [-0.4, -0.2) is 37.5 Å². The smallest absolute Gasteiger partial charge is 0.244 e. The van der Waals surface area contributed by atoms with E-state index in [1.807, 2.05) is 18.2 Å². The van der Waals surface area contributed by atoms with E-state index in [0.29, 0.717) is 29.6 Å². The van der Waals surface area contributed by atoms with E-state index in [2.05, 4.69) is 5.32 Å². The molecule has 1 aliphatic rings. The first-order valence-electron chi connectivity index (χ1n) is 8.78. The number of carbonyl (C=O) groups is 1. The van der Waals surface area contributed by atoms with E-state index in [1.165, 1.54) is 28.2 Å². The summed E-state index contributed by atoms with van der Waals surface area (Å²) in [6.45, 7) is 0.991. The molecule has 0 spiro atoms. The minimum atomic E-state index is -3.65.